The van der Waals surface area contributed by atoms with Crippen molar-refractivity contribution in [3.8, 4) is 0 Å². The van der Waals surface area contributed by atoms with Crippen LogP contribution in [0.4, 0.5) is 0 Å². The van der Waals surface area contributed by atoms with Gasteiger partial charge in [-0.25, -0.2) is 13.2 Å². The van der Waals surface area contributed by atoms with E-state index >= 15 is 0 Å². The Labute approximate surface area is 198 Å². The minimum atomic E-state index is -3.60. The Hall–Kier alpha value is -3.37. The quantitative estimate of drug-likeness (QED) is 0.477. The Bertz CT molecular complexity index is 1260. The van der Waals surface area contributed by atoms with Crippen LogP contribution in [0.15, 0.2) is 64.1 Å². The highest BCUT2D eigenvalue weighted by Gasteiger charge is 2.30. The highest BCUT2D eigenvalue weighted by atomic mass is 32.2. The molecule has 1 fully saturated rings. The van der Waals surface area contributed by atoms with Crippen LogP contribution in [0.1, 0.15) is 27.5 Å². The van der Waals surface area contributed by atoms with E-state index in [9.17, 15) is 18.0 Å². The first-order chi connectivity index (χ1) is 16.3. The minimum Gasteiger partial charge on any atom is -0.467 e. The van der Waals surface area contributed by atoms with Crippen LogP contribution in [0.5, 0.6) is 0 Å². The number of benzene rings is 1. The predicted molar refractivity (Wildman–Crippen MR) is 124 cm³/mol. The summed E-state index contributed by atoms with van der Waals surface area (Å²) in [6.07, 6.45) is 1.60. The number of aromatic nitrogens is 1. The number of hydrogen-bond donors (Lipinski definition) is 0. The van der Waals surface area contributed by atoms with E-state index in [1.54, 1.807) is 48.7 Å². The van der Waals surface area contributed by atoms with Gasteiger partial charge in [0.15, 0.2) is 6.61 Å². The van der Waals surface area contributed by atoms with Crippen molar-refractivity contribution in [3.63, 3.8) is 0 Å². The number of nitrogens with zero attached hydrogens (tertiary/aromatic N) is 3. The topological polar surface area (TPSA) is 102 Å². The molecule has 0 unspecified atom stereocenters. The number of piperazine rings is 1. The van der Waals surface area contributed by atoms with E-state index in [1.807, 2.05) is 24.5 Å². The first kappa shape index (κ1) is 23.8. The first-order valence-corrected chi connectivity index (χ1v) is 12.4. The van der Waals surface area contributed by atoms with Crippen LogP contribution >= 0.6 is 0 Å². The molecule has 10 heteroatoms. The van der Waals surface area contributed by atoms with Crippen molar-refractivity contribution in [1.29, 1.82) is 0 Å². The molecule has 3 heterocycles. The van der Waals surface area contributed by atoms with Gasteiger partial charge in [0.25, 0.3) is 5.91 Å². The fourth-order valence-corrected chi connectivity index (χ4v) is 5.47. The van der Waals surface area contributed by atoms with Gasteiger partial charge in [0.05, 0.1) is 23.3 Å². The van der Waals surface area contributed by atoms with Crippen molar-refractivity contribution in [1.82, 2.24) is 13.8 Å². The number of amides is 1. The van der Waals surface area contributed by atoms with Gasteiger partial charge in [-0.3, -0.25) is 4.79 Å². The monoisotopic (exact) mass is 485 g/mol. The summed E-state index contributed by atoms with van der Waals surface area (Å²) in [5.41, 5.74) is 2.00. The summed E-state index contributed by atoms with van der Waals surface area (Å²) in [4.78, 5) is 27.0. The van der Waals surface area contributed by atoms with E-state index in [1.165, 1.54) is 9.21 Å². The van der Waals surface area contributed by atoms with Crippen LogP contribution in [0.25, 0.3) is 0 Å². The third-order valence-corrected chi connectivity index (χ3v) is 7.90. The third kappa shape index (κ3) is 4.92. The highest BCUT2D eigenvalue weighted by molar-refractivity contribution is 7.89. The fraction of sp³-hybridized carbons (Fsp3) is 0.333. The number of aryl methyl sites for hydroxylation is 1. The Morgan fingerprint density at radius 2 is 1.71 bits per heavy atom. The lowest BCUT2D eigenvalue weighted by molar-refractivity contribution is -0.135. The van der Waals surface area contributed by atoms with Crippen LogP contribution < -0.4 is 0 Å². The zero-order valence-corrected chi connectivity index (χ0v) is 20.0. The van der Waals surface area contributed by atoms with E-state index in [2.05, 4.69) is 0 Å². The molecule has 4 rings (SSSR count). The molecule has 34 heavy (non-hydrogen) atoms. The van der Waals surface area contributed by atoms with Crippen molar-refractivity contribution in [3.05, 3.63) is 77.5 Å². The normalized spacial score (nSPS) is 14.8. The number of hydrogen-bond acceptors (Lipinski definition) is 6. The van der Waals surface area contributed by atoms with E-state index in [4.69, 9.17) is 9.15 Å². The summed E-state index contributed by atoms with van der Waals surface area (Å²) >= 11 is 0. The zero-order chi connectivity index (χ0) is 24.3. The second-order valence-corrected chi connectivity index (χ2v) is 10.1. The molecule has 180 valence electrons. The van der Waals surface area contributed by atoms with Crippen molar-refractivity contribution in [2.24, 2.45) is 0 Å². The number of sulfonamides is 1. The Kier molecular flexibility index (Phi) is 6.90. The maximum absolute atomic E-state index is 12.7. The van der Waals surface area contributed by atoms with Crippen LogP contribution in [0.2, 0.25) is 0 Å². The molecule has 1 aliphatic heterocycles. The minimum absolute atomic E-state index is 0.185. The van der Waals surface area contributed by atoms with Gasteiger partial charge in [-0.05, 0) is 44.2 Å². The Morgan fingerprint density at radius 1 is 1.00 bits per heavy atom. The standard InChI is InChI=1S/C24H27N3O6S/c1-18-15-22(19(2)27(18)16-20-7-6-14-32-20)24(29)33-17-23(28)25-10-12-26(13-11-25)34(30,31)21-8-4-3-5-9-21/h3-9,14-15H,10-13,16-17H2,1-2H3. The average molecular weight is 486 g/mol. The summed E-state index contributed by atoms with van der Waals surface area (Å²) in [5, 5.41) is 0. The van der Waals surface area contributed by atoms with Gasteiger partial charge in [0.2, 0.25) is 10.0 Å². The fourth-order valence-electron chi connectivity index (χ4n) is 4.03. The molecule has 2 aromatic heterocycles. The molecule has 0 radical (unpaired) electrons. The number of rotatable bonds is 7. The van der Waals surface area contributed by atoms with Crippen molar-refractivity contribution < 1.29 is 27.2 Å². The molecule has 1 aliphatic rings. The van der Waals surface area contributed by atoms with Gasteiger partial charge < -0.3 is 18.6 Å². The number of ether oxygens (including phenoxy) is 1. The van der Waals surface area contributed by atoms with Crippen molar-refractivity contribution >= 4 is 21.9 Å². The number of furan rings is 1. The predicted octanol–water partition coefficient (Wildman–Crippen LogP) is 2.44. The number of carbonyl (C=O) groups excluding carboxylic acids is 2. The third-order valence-electron chi connectivity index (χ3n) is 5.99. The van der Waals surface area contributed by atoms with E-state index in [-0.39, 0.29) is 37.0 Å². The summed E-state index contributed by atoms with van der Waals surface area (Å²) in [7, 11) is -3.60. The SMILES string of the molecule is Cc1cc(C(=O)OCC(=O)N2CCN(S(=O)(=O)c3ccccc3)CC2)c(C)n1Cc1ccco1. The van der Waals surface area contributed by atoms with E-state index in [0.29, 0.717) is 12.1 Å². The molecule has 9 nitrogen and oxygen atoms in total. The average Bonchev–Trinajstić information content (AvgIpc) is 3.47. The van der Waals surface area contributed by atoms with Crippen LogP contribution in [-0.2, 0) is 26.1 Å². The maximum atomic E-state index is 12.7. The summed E-state index contributed by atoms with van der Waals surface area (Å²) < 4.78 is 39.5. The lowest BCUT2D eigenvalue weighted by atomic mass is 10.2. The van der Waals surface area contributed by atoms with Gasteiger partial charge >= 0.3 is 5.97 Å². The molecule has 0 N–H and O–H groups in total. The van der Waals surface area contributed by atoms with Gasteiger partial charge in [-0.1, -0.05) is 18.2 Å². The summed E-state index contributed by atoms with van der Waals surface area (Å²) in [5.74, 6) is -0.155. The smallest absolute Gasteiger partial charge is 0.340 e. The van der Waals surface area contributed by atoms with E-state index < -0.39 is 22.6 Å². The molecular weight excluding hydrogens is 458 g/mol. The second-order valence-electron chi connectivity index (χ2n) is 8.12. The molecule has 1 aromatic carbocycles. The van der Waals surface area contributed by atoms with Crippen LogP contribution in [0.3, 0.4) is 0 Å². The molecule has 0 saturated carbocycles. The Morgan fingerprint density at radius 3 is 2.35 bits per heavy atom. The number of esters is 1. The molecule has 1 saturated heterocycles. The van der Waals surface area contributed by atoms with Crippen molar-refractivity contribution in [2.75, 3.05) is 32.8 Å². The van der Waals surface area contributed by atoms with Crippen LogP contribution in [-0.4, -0.2) is 66.9 Å². The van der Waals surface area contributed by atoms with Crippen molar-refractivity contribution in [2.45, 2.75) is 25.3 Å². The van der Waals surface area contributed by atoms with E-state index in [0.717, 1.165) is 17.1 Å². The molecule has 1 amide bonds. The van der Waals surface area contributed by atoms with Crippen LogP contribution in [0, 0.1) is 13.8 Å². The molecule has 0 spiro atoms. The molecule has 0 bridgehead atoms. The maximum Gasteiger partial charge on any atom is 0.340 e. The highest BCUT2D eigenvalue weighted by Crippen LogP contribution is 2.19. The molecule has 0 atom stereocenters. The first-order valence-electron chi connectivity index (χ1n) is 11.0. The number of carbonyl (C=O) groups is 2. The summed E-state index contributed by atoms with van der Waals surface area (Å²) in [6, 6.07) is 13.6. The Balaban J connectivity index is 1.31. The summed E-state index contributed by atoms with van der Waals surface area (Å²) in [6.45, 7) is 4.65. The molecule has 0 aliphatic carbocycles. The lowest BCUT2D eigenvalue weighted by Crippen LogP contribution is -2.51. The lowest BCUT2D eigenvalue weighted by Gasteiger charge is -2.33. The van der Waals surface area contributed by atoms with Gasteiger partial charge in [-0.15, -0.1) is 0 Å². The van der Waals surface area contributed by atoms with Gasteiger partial charge in [-0.2, -0.15) is 4.31 Å². The zero-order valence-electron chi connectivity index (χ0n) is 19.1. The molecule has 3 aromatic rings. The largest absolute Gasteiger partial charge is 0.467 e. The van der Waals surface area contributed by atoms with Gasteiger partial charge in [0, 0.05) is 37.6 Å². The second kappa shape index (κ2) is 9.86. The molecular formula is C24H27N3O6S. The van der Waals surface area contributed by atoms with Gasteiger partial charge in [0.1, 0.15) is 5.76 Å².